The Kier molecular flexibility index (Phi) is 5.11. The summed E-state index contributed by atoms with van der Waals surface area (Å²) in [7, 11) is 0. The maximum atomic E-state index is 12.6. The number of amides is 1. The van der Waals surface area contributed by atoms with E-state index in [1.165, 1.54) is 0 Å². The molecule has 2 unspecified atom stereocenters. The molecule has 1 saturated heterocycles. The van der Waals surface area contributed by atoms with Crippen molar-refractivity contribution in [1.29, 1.82) is 0 Å². The van der Waals surface area contributed by atoms with Crippen LogP contribution in [-0.2, 0) is 6.61 Å². The van der Waals surface area contributed by atoms with Crippen LogP contribution in [0.1, 0.15) is 29.3 Å². The Labute approximate surface area is 142 Å². The SMILES string of the molecule is CC1CC(CN)CN1C(=O)c1ccc(OCc2ccncc2)cc1. The van der Waals surface area contributed by atoms with Crippen LogP contribution in [0.25, 0.3) is 0 Å². The number of nitrogens with two attached hydrogens (primary N) is 1. The van der Waals surface area contributed by atoms with Crippen molar-refractivity contribution in [2.24, 2.45) is 11.7 Å². The summed E-state index contributed by atoms with van der Waals surface area (Å²) in [5.74, 6) is 1.23. The van der Waals surface area contributed by atoms with Crippen molar-refractivity contribution in [3.8, 4) is 5.75 Å². The highest BCUT2D eigenvalue weighted by molar-refractivity contribution is 5.94. The Morgan fingerprint density at radius 3 is 2.58 bits per heavy atom. The molecule has 2 aromatic rings. The molecule has 1 aliphatic rings. The molecule has 126 valence electrons. The first-order valence-corrected chi connectivity index (χ1v) is 8.30. The van der Waals surface area contributed by atoms with Gasteiger partial charge in [-0.15, -0.1) is 0 Å². The minimum atomic E-state index is 0.0686. The summed E-state index contributed by atoms with van der Waals surface area (Å²) in [6.07, 6.45) is 4.47. The summed E-state index contributed by atoms with van der Waals surface area (Å²) >= 11 is 0. The summed E-state index contributed by atoms with van der Waals surface area (Å²) in [6.45, 7) is 3.95. The molecule has 1 aliphatic heterocycles. The number of rotatable bonds is 5. The van der Waals surface area contributed by atoms with Crippen LogP contribution in [0.3, 0.4) is 0 Å². The molecule has 2 heterocycles. The molecule has 5 nitrogen and oxygen atoms in total. The van der Waals surface area contributed by atoms with E-state index in [0.29, 0.717) is 24.6 Å². The first kappa shape index (κ1) is 16.5. The number of pyridine rings is 1. The van der Waals surface area contributed by atoms with E-state index in [-0.39, 0.29) is 11.9 Å². The molecular weight excluding hydrogens is 302 g/mol. The third kappa shape index (κ3) is 3.74. The average molecular weight is 325 g/mol. The van der Waals surface area contributed by atoms with Gasteiger partial charge in [-0.25, -0.2) is 0 Å². The van der Waals surface area contributed by atoms with Gasteiger partial charge in [0, 0.05) is 30.5 Å². The van der Waals surface area contributed by atoms with Crippen LogP contribution < -0.4 is 10.5 Å². The van der Waals surface area contributed by atoms with E-state index in [0.717, 1.165) is 24.3 Å². The fourth-order valence-corrected chi connectivity index (χ4v) is 3.10. The summed E-state index contributed by atoms with van der Waals surface area (Å²) in [5, 5.41) is 0. The molecule has 0 radical (unpaired) electrons. The van der Waals surface area contributed by atoms with Gasteiger partial charge in [0.15, 0.2) is 0 Å². The number of likely N-dealkylation sites (tertiary alicyclic amines) is 1. The standard InChI is InChI=1S/C19H23N3O2/c1-14-10-16(11-20)12-22(14)19(23)17-2-4-18(5-3-17)24-13-15-6-8-21-9-7-15/h2-9,14,16H,10-13,20H2,1H3. The van der Waals surface area contributed by atoms with E-state index in [4.69, 9.17) is 10.5 Å². The summed E-state index contributed by atoms with van der Waals surface area (Å²) in [5.41, 5.74) is 7.49. The minimum Gasteiger partial charge on any atom is -0.489 e. The molecule has 0 spiro atoms. The van der Waals surface area contributed by atoms with E-state index >= 15 is 0 Å². The van der Waals surface area contributed by atoms with Gasteiger partial charge in [-0.2, -0.15) is 0 Å². The highest BCUT2D eigenvalue weighted by Crippen LogP contribution is 2.25. The smallest absolute Gasteiger partial charge is 0.254 e. The average Bonchev–Trinajstić information content (AvgIpc) is 3.01. The first-order valence-electron chi connectivity index (χ1n) is 8.30. The largest absolute Gasteiger partial charge is 0.489 e. The minimum absolute atomic E-state index is 0.0686. The molecule has 2 atom stereocenters. The van der Waals surface area contributed by atoms with Crippen molar-refractivity contribution in [3.05, 3.63) is 59.9 Å². The number of benzene rings is 1. The Bertz CT molecular complexity index is 673. The van der Waals surface area contributed by atoms with Crippen LogP contribution in [0.2, 0.25) is 0 Å². The fourth-order valence-electron chi connectivity index (χ4n) is 3.10. The Balaban J connectivity index is 1.61. The number of ether oxygens (including phenoxy) is 1. The van der Waals surface area contributed by atoms with Gasteiger partial charge in [0.05, 0.1) is 0 Å². The van der Waals surface area contributed by atoms with Gasteiger partial charge in [0.25, 0.3) is 5.91 Å². The van der Waals surface area contributed by atoms with E-state index in [1.54, 1.807) is 12.4 Å². The second kappa shape index (κ2) is 7.45. The maximum Gasteiger partial charge on any atom is 0.254 e. The number of carbonyl (C=O) groups excluding carboxylic acids is 1. The van der Waals surface area contributed by atoms with E-state index in [2.05, 4.69) is 11.9 Å². The summed E-state index contributed by atoms with van der Waals surface area (Å²) in [4.78, 5) is 18.5. The number of hydrogen-bond acceptors (Lipinski definition) is 4. The lowest BCUT2D eigenvalue weighted by molar-refractivity contribution is 0.0743. The van der Waals surface area contributed by atoms with Crippen LogP contribution in [0.4, 0.5) is 0 Å². The molecule has 0 aliphatic carbocycles. The van der Waals surface area contributed by atoms with Gasteiger partial charge in [-0.05, 0) is 67.8 Å². The summed E-state index contributed by atoms with van der Waals surface area (Å²) < 4.78 is 5.74. The van der Waals surface area contributed by atoms with E-state index in [9.17, 15) is 4.79 Å². The molecule has 0 bridgehead atoms. The number of aromatic nitrogens is 1. The second-order valence-electron chi connectivity index (χ2n) is 6.31. The van der Waals surface area contributed by atoms with Crippen LogP contribution in [0.15, 0.2) is 48.8 Å². The molecule has 1 aromatic carbocycles. The third-order valence-corrected chi connectivity index (χ3v) is 4.51. The van der Waals surface area contributed by atoms with Crippen LogP contribution >= 0.6 is 0 Å². The Morgan fingerprint density at radius 1 is 1.25 bits per heavy atom. The highest BCUT2D eigenvalue weighted by Gasteiger charge is 2.31. The maximum absolute atomic E-state index is 12.6. The van der Waals surface area contributed by atoms with E-state index in [1.807, 2.05) is 41.3 Å². The van der Waals surface area contributed by atoms with Gasteiger partial charge in [-0.3, -0.25) is 9.78 Å². The molecule has 2 N–H and O–H groups in total. The number of nitrogens with zero attached hydrogens (tertiary/aromatic N) is 2. The molecule has 0 saturated carbocycles. The Hall–Kier alpha value is -2.40. The predicted molar refractivity (Wildman–Crippen MR) is 92.7 cm³/mol. The quantitative estimate of drug-likeness (QED) is 0.917. The molecular formula is C19H23N3O2. The second-order valence-corrected chi connectivity index (χ2v) is 6.31. The summed E-state index contributed by atoms with van der Waals surface area (Å²) in [6, 6.07) is 11.4. The number of hydrogen-bond donors (Lipinski definition) is 1. The van der Waals surface area contributed by atoms with Gasteiger partial charge in [-0.1, -0.05) is 0 Å². The zero-order valence-electron chi connectivity index (χ0n) is 13.9. The molecule has 1 amide bonds. The molecule has 1 aromatic heterocycles. The number of carbonyl (C=O) groups is 1. The molecule has 5 heteroatoms. The third-order valence-electron chi connectivity index (χ3n) is 4.51. The van der Waals surface area contributed by atoms with Gasteiger partial charge >= 0.3 is 0 Å². The van der Waals surface area contributed by atoms with Crippen LogP contribution in [-0.4, -0.2) is 34.9 Å². The first-order chi connectivity index (χ1) is 11.7. The molecule has 3 rings (SSSR count). The van der Waals surface area contributed by atoms with Crippen molar-refractivity contribution in [2.75, 3.05) is 13.1 Å². The predicted octanol–water partition coefficient (Wildman–Crippen LogP) is 2.47. The normalized spacial score (nSPS) is 20.2. The molecule has 1 fully saturated rings. The topological polar surface area (TPSA) is 68.5 Å². The van der Waals surface area contributed by atoms with Crippen LogP contribution in [0.5, 0.6) is 5.75 Å². The Morgan fingerprint density at radius 2 is 1.96 bits per heavy atom. The van der Waals surface area contributed by atoms with Crippen LogP contribution in [0, 0.1) is 5.92 Å². The van der Waals surface area contributed by atoms with Crippen molar-refractivity contribution in [1.82, 2.24) is 9.88 Å². The lowest BCUT2D eigenvalue weighted by atomic mass is 10.1. The zero-order valence-corrected chi connectivity index (χ0v) is 13.9. The van der Waals surface area contributed by atoms with Crippen molar-refractivity contribution < 1.29 is 9.53 Å². The van der Waals surface area contributed by atoms with Crippen molar-refractivity contribution >= 4 is 5.91 Å². The monoisotopic (exact) mass is 325 g/mol. The van der Waals surface area contributed by atoms with Gasteiger partial charge < -0.3 is 15.4 Å². The van der Waals surface area contributed by atoms with Gasteiger partial charge in [0.2, 0.25) is 0 Å². The molecule has 24 heavy (non-hydrogen) atoms. The van der Waals surface area contributed by atoms with Crippen molar-refractivity contribution in [2.45, 2.75) is 26.0 Å². The highest BCUT2D eigenvalue weighted by atomic mass is 16.5. The van der Waals surface area contributed by atoms with Gasteiger partial charge in [0.1, 0.15) is 12.4 Å². The fraction of sp³-hybridized carbons (Fsp3) is 0.368. The lowest BCUT2D eigenvalue weighted by Gasteiger charge is -2.21. The van der Waals surface area contributed by atoms with Crippen molar-refractivity contribution in [3.63, 3.8) is 0 Å². The zero-order chi connectivity index (χ0) is 16.9. The van der Waals surface area contributed by atoms with E-state index < -0.39 is 0 Å². The lowest BCUT2D eigenvalue weighted by Crippen LogP contribution is -2.34.